The first kappa shape index (κ1) is 38.5. The highest BCUT2D eigenvalue weighted by Crippen LogP contribution is 2.39. The summed E-state index contributed by atoms with van der Waals surface area (Å²) in [5.41, 5.74) is 3.79. The van der Waals surface area contributed by atoms with Gasteiger partial charge in [0, 0.05) is 24.9 Å². The molecule has 0 saturated heterocycles. The zero-order valence-corrected chi connectivity index (χ0v) is 31.4. The normalized spacial score (nSPS) is 14.9. The largest absolute Gasteiger partial charge is 0.462 e. The van der Waals surface area contributed by atoms with Crippen molar-refractivity contribution in [2.75, 3.05) is 24.0 Å². The summed E-state index contributed by atoms with van der Waals surface area (Å²) < 4.78 is 13.8. The van der Waals surface area contributed by atoms with E-state index in [-0.39, 0.29) is 34.7 Å². The predicted molar refractivity (Wildman–Crippen MR) is 199 cm³/mol. The number of fused-ring (bicyclic) bond motifs is 2. The van der Waals surface area contributed by atoms with Crippen LogP contribution in [-0.2, 0) is 19.1 Å². The molecule has 0 unspecified atom stereocenters. The van der Waals surface area contributed by atoms with E-state index in [2.05, 4.69) is 29.9 Å². The van der Waals surface area contributed by atoms with Crippen molar-refractivity contribution in [2.45, 2.75) is 112 Å². The van der Waals surface area contributed by atoms with Gasteiger partial charge in [-0.05, 0) is 92.7 Å². The maximum absolute atomic E-state index is 12.4. The molecule has 2 heterocycles. The molecule has 0 aliphatic heterocycles. The molecule has 13 nitrogen and oxygen atoms in total. The second-order valence-electron chi connectivity index (χ2n) is 16.0. The van der Waals surface area contributed by atoms with Crippen LogP contribution in [-0.4, -0.2) is 61.4 Å². The Morgan fingerprint density at radius 1 is 0.712 bits per heavy atom. The number of aliphatic hydroxyl groups is 1. The lowest BCUT2D eigenvalue weighted by molar-refractivity contribution is -0.118. The third kappa shape index (κ3) is 9.36. The second-order valence-corrected chi connectivity index (χ2v) is 16.0. The van der Waals surface area contributed by atoms with Crippen LogP contribution in [0.2, 0.25) is 0 Å². The number of aromatic nitrogens is 4. The summed E-state index contributed by atoms with van der Waals surface area (Å²) in [6, 6.07) is 11.0. The molecule has 2 amide bonds. The van der Waals surface area contributed by atoms with Crippen molar-refractivity contribution in [1.82, 2.24) is 19.1 Å². The van der Waals surface area contributed by atoms with Gasteiger partial charge in [-0.2, -0.15) is 0 Å². The summed E-state index contributed by atoms with van der Waals surface area (Å²) in [7, 11) is 0. The average molecular weight is 717 g/mol. The Labute approximate surface area is 304 Å². The van der Waals surface area contributed by atoms with Gasteiger partial charge in [-0.25, -0.2) is 19.6 Å². The number of amides is 2. The summed E-state index contributed by atoms with van der Waals surface area (Å²) in [5.74, 6) is 0.0435. The van der Waals surface area contributed by atoms with E-state index < -0.39 is 12.8 Å². The molecule has 2 aromatic heterocycles. The minimum absolute atomic E-state index is 0.0426. The fraction of sp³-hybridized carbons (Fsp3) is 0.538. The number of rotatable bonds is 10. The number of esters is 2. The Kier molecular flexibility index (Phi) is 11.7. The highest BCUT2D eigenvalue weighted by Gasteiger charge is 2.29. The SMILES string of the molecule is CC(C)(C)CC(=O)Nc1nc2ccc(C(=O)OCO)cc2n1C1CCC1.CCOC(=O)c1ccc2nc(NC(=O)CC(C)(C)C)n(C3CCC3)c2c1. The first-order valence-corrected chi connectivity index (χ1v) is 18.2. The number of carbonyl (C=O) groups excluding carboxylic acids is 4. The van der Waals surface area contributed by atoms with E-state index in [0.29, 0.717) is 54.0 Å². The molecule has 3 N–H and O–H groups in total. The molecule has 0 atom stereocenters. The average Bonchev–Trinajstić information content (AvgIpc) is 3.50. The van der Waals surface area contributed by atoms with Gasteiger partial charge in [0.2, 0.25) is 23.7 Å². The lowest BCUT2D eigenvalue weighted by Crippen LogP contribution is -2.24. The summed E-state index contributed by atoms with van der Waals surface area (Å²) >= 11 is 0. The van der Waals surface area contributed by atoms with Crippen molar-refractivity contribution >= 4 is 57.7 Å². The van der Waals surface area contributed by atoms with Crippen molar-refractivity contribution in [3.63, 3.8) is 0 Å². The quantitative estimate of drug-likeness (QED) is 0.111. The summed E-state index contributed by atoms with van der Waals surface area (Å²) in [5, 5.41) is 14.7. The molecule has 4 aromatic rings. The van der Waals surface area contributed by atoms with E-state index in [1.165, 1.54) is 0 Å². The molecule has 52 heavy (non-hydrogen) atoms. The number of benzene rings is 2. The monoisotopic (exact) mass is 716 g/mol. The third-order valence-corrected chi connectivity index (χ3v) is 9.09. The Balaban J connectivity index is 0.000000201. The topological polar surface area (TPSA) is 167 Å². The van der Waals surface area contributed by atoms with Gasteiger partial charge in [0.15, 0.2) is 6.79 Å². The molecule has 2 aliphatic carbocycles. The van der Waals surface area contributed by atoms with Gasteiger partial charge in [0.25, 0.3) is 0 Å². The van der Waals surface area contributed by atoms with Crippen molar-refractivity contribution in [3.8, 4) is 0 Å². The van der Waals surface area contributed by atoms with Crippen LogP contribution in [0.25, 0.3) is 22.1 Å². The van der Waals surface area contributed by atoms with Crippen LogP contribution in [0.5, 0.6) is 0 Å². The number of ether oxygens (including phenoxy) is 2. The Morgan fingerprint density at radius 2 is 1.12 bits per heavy atom. The minimum atomic E-state index is -0.660. The lowest BCUT2D eigenvalue weighted by atomic mass is 9.92. The predicted octanol–water partition coefficient (Wildman–Crippen LogP) is 7.56. The van der Waals surface area contributed by atoms with E-state index >= 15 is 0 Å². The van der Waals surface area contributed by atoms with Crippen molar-refractivity contribution < 1.29 is 33.8 Å². The van der Waals surface area contributed by atoms with Crippen LogP contribution in [0.4, 0.5) is 11.9 Å². The fourth-order valence-corrected chi connectivity index (χ4v) is 6.30. The number of aliphatic hydroxyl groups excluding tert-OH is 1. The minimum Gasteiger partial charge on any atom is -0.462 e. The Hall–Kier alpha value is -4.78. The number of hydrogen-bond donors (Lipinski definition) is 3. The summed E-state index contributed by atoms with van der Waals surface area (Å²) in [6.45, 7) is 13.6. The van der Waals surface area contributed by atoms with Crippen LogP contribution in [0.1, 0.15) is 133 Å². The number of anilines is 2. The molecule has 2 aromatic carbocycles. The molecule has 6 rings (SSSR count). The second kappa shape index (κ2) is 15.9. The maximum Gasteiger partial charge on any atom is 0.340 e. The molecule has 2 aliphatic rings. The smallest absolute Gasteiger partial charge is 0.340 e. The van der Waals surface area contributed by atoms with Gasteiger partial charge in [0.05, 0.1) is 39.8 Å². The van der Waals surface area contributed by atoms with Crippen molar-refractivity contribution in [2.24, 2.45) is 10.8 Å². The first-order chi connectivity index (χ1) is 24.6. The van der Waals surface area contributed by atoms with Gasteiger partial charge >= 0.3 is 11.9 Å². The van der Waals surface area contributed by atoms with E-state index in [0.717, 1.165) is 55.1 Å². The molecule has 0 spiro atoms. The molecule has 2 fully saturated rings. The molecule has 280 valence electrons. The zero-order valence-electron chi connectivity index (χ0n) is 31.4. The van der Waals surface area contributed by atoms with Crippen LogP contribution in [0.3, 0.4) is 0 Å². The van der Waals surface area contributed by atoms with Crippen LogP contribution >= 0.6 is 0 Å². The number of nitrogens with one attached hydrogen (secondary N) is 2. The Morgan fingerprint density at radius 3 is 1.44 bits per heavy atom. The highest BCUT2D eigenvalue weighted by molar-refractivity contribution is 5.97. The standard InChI is InChI=1S/C20H27N3O3.C19H25N3O4/c1-5-26-18(25)13-9-10-15-16(11-13)23(14-7-6-8-14)19(21-15)22-17(24)12-20(2,3)4;1-19(2,3)10-16(24)21-18-20-14-8-7-12(17(25)26-11-23)9-15(14)22(18)13-5-4-6-13/h9-11,14H,5-8,12H2,1-4H3,(H,21,22,24);7-9,13,23H,4-6,10-11H2,1-3H3,(H,20,21,24). The maximum atomic E-state index is 12.4. The van der Waals surface area contributed by atoms with E-state index in [1.54, 1.807) is 31.2 Å². The molecule has 13 heteroatoms. The van der Waals surface area contributed by atoms with Crippen LogP contribution < -0.4 is 10.6 Å². The Bertz CT molecular complexity index is 1800. The van der Waals surface area contributed by atoms with Gasteiger partial charge in [-0.15, -0.1) is 0 Å². The van der Waals surface area contributed by atoms with E-state index in [1.807, 2.05) is 58.2 Å². The van der Waals surface area contributed by atoms with Gasteiger partial charge in [0.1, 0.15) is 0 Å². The zero-order chi connectivity index (χ0) is 37.8. The van der Waals surface area contributed by atoms with Gasteiger partial charge in [-0.3, -0.25) is 20.2 Å². The van der Waals surface area contributed by atoms with Gasteiger partial charge < -0.3 is 23.7 Å². The fourth-order valence-electron chi connectivity index (χ4n) is 6.30. The molecular weight excluding hydrogens is 664 g/mol. The summed E-state index contributed by atoms with van der Waals surface area (Å²) in [6.07, 6.45) is 7.25. The van der Waals surface area contributed by atoms with Crippen molar-refractivity contribution in [3.05, 3.63) is 47.5 Å². The number of nitrogens with zero attached hydrogens (tertiary/aromatic N) is 4. The first-order valence-electron chi connectivity index (χ1n) is 18.2. The van der Waals surface area contributed by atoms with Crippen LogP contribution in [0, 0.1) is 10.8 Å². The number of imidazole rings is 2. The van der Waals surface area contributed by atoms with E-state index in [4.69, 9.17) is 9.84 Å². The molecule has 0 bridgehead atoms. The van der Waals surface area contributed by atoms with E-state index in [9.17, 15) is 19.2 Å². The number of carbonyl (C=O) groups is 4. The molecular formula is C39H52N6O7. The number of hydrogen-bond acceptors (Lipinski definition) is 9. The third-order valence-electron chi connectivity index (χ3n) is 9.09. The summed E-state index contributed by atoms with van der Waals surface area (Å²) in [4.78, 5) is 57.9. The van der Waals surface area contributed by atoms with Crippen LogP contribution in [0.15, 0.2) is 36.4 Å². The van der Waals surface area contributed by atoms with Crippen molar-refractivity contribution in [1.29, 1.82) is 0 Å². The molecule has 2 saturated carbocycles. The molecule has 0 radical (unpaired) electrons. The van der Waals surface area contributed by atoms with Gasteiger partial charge in [-0.1, -0.05) is 41.5 Å². The lowest BCUT2D eigenvalue weighted by Gasteiger charge is -2.29. The highest BCUT2D eigenvalue weighted by atomic mass is 16.6.